The Morgan fingerprint density at radius 2 is 1.41 bits per heavy atom. The van der Waals surface area contributed by atoms with Crippen molar-refractivity contribution in [2.45, 2.75) is 99.8 Å². The molecule has 1 aliphatic carbocycles. The Hall–Kier alpha value is -1.84. The number of pyridine rings is 1. The van der Waals surface area contributed by atoms with Crippen LogP contribution in [0.5, 0.6) is 0 Å². The highest BCUT2D eigenvalue weighted by atomic mass is 32.2. The summed E-state index contributed by atoms with van der Waals surface area (Å²) in [6.07, 6.45) is 16.4. The molecule has 2 nitrogen and oxygen atoms in total. The molecule has 0 spiro atoms. The van der Waals surface area contributed by atoms with Crippen LogP contribution in [0.1, 0.15) is 94.1 Å². The van der Waals surface area contributed by atoms with Gasteiger partial charge in [0, 0.05) is 10.5 Å². The molecule has 194 valence electrons. The lowest BCUT2D eigenvalue weighted by atomic mass is 10.00. The number of aryl methyl sites for hydroxylation is 1. The Balaban J connectivity index is -0.000000969. The van der Waals surface area contributed by atoms with Gasteiger partial charge in [-0.25, -0.2) is 4.98 Å². The second-order valence-electron chi connectivity index (χ2n) is 6.27. The average Bonchev–Trinajstić information content (AvgIpc) is 2.93. The van der Waals surface area contributed by atoms with E-state index in [-0.39, 0.29) is 7.43 Å². The summed E-state index contributed by atoms with van der Waals surface area (Å²) in [6.45, 7) is 16.7. The molecule has 2 N–H and O–H groups in total. The highest BCUT2D eigenvalue weighted by Gasteiger charge is 2.07. The summed E-state index contributed by atoms with van der Waals surface area (Å²) >= 11 is 1.77. The number of nitrogens with zero attached hydrogens (tertiary/aromatic N) is 1. The predicted molar refractivity (Wildman–Crippen MR) is 162 cm³/mol. The lowest BCUT2D eigenvalue weighted by Crippen LogP contribution is -2.34. The third kappa shape index (κ3) is 13.2. The van der Waals surface area contributed by atoms with Crippen LogP contribution in [0.25, 0.3) is 23.4 Å². The van der Waals surface area contributed by atoms with Crippen LogP contribution in [0.3, 0.4) is 0 Å². The second kappa shape index (κ2) is 25.8. The summed E-state index contributed by atoms with van der Waals surface area (Å²) in [7, 11) is 0. The summed E-state index contributed by atoms with van der Waals surface area (Å²) < 4.78 is 0. The van der Waals surface area contributed by atoms with Crippen molar-refractivity contribution in [1.82, 2.24) is 4.98 Å². The highest BCUT2D eigenvalue weighted by Crippen LogP contribution is 2.21. The van der Waals surface area contributed by atoms with Crippen molar-refractivity contribution >= 4 is 23.9 Å². The van der Waals surface area contributed by atoms with Crippen molar-refractivity contribution in [3.63, 3.8) is 0 Å². The molecule has 2 aromatic rings. The number of nitrogens with two attached hydrogens (primary N) is 1. The SMILES string of the molecule is C.CC.CC.CC.CC.CSc1ccc(-c2cc(CC/C=C\CCN)c3c(n2)=CCCC=3)cc1. The molecule has 1 aliphatic rings. The van der Waals surface area contributed by atoms with Gasteiger partial charge in [0.15, 0.2) is 0 Å². The van der Waals surface area contributed by atoms with Crippen molar-refractivity contribution in [2.75, 3.05) is 12.8 Å². The Morgan fingerprint density at radius 3 is 1.97 bits per heavy atom. The molecule has 1 heterocycles. The third-order valence-corrected chi connectivity index (χ3v) is 5.24. The van der Waals surface area contributed by atoms with Crippen molar-refractivity contribution in [2.24, 2.45) is 5.73 Å². The molecule has 0 amide bonds. The molecule has 0 aliphatic heterocycles. The average molecular weight is 487 g/mol. The summed E-state index contributed by atoms with van der Waals surface area (Å²) in [6, 6.07) is 11.0. The number of benzene rings is 1. The van der Waals surface area contributed by atoms with Crippen molar-refractivity contribution in [1.29, 1.82) is 0 Å². The maximum atomic E-state index is 5.55. The first-order valence-corrected chi connectivity index (χ1v) is 14.2. The standard InChI is InChI=1S/C22H26N2S.4C2H6.CH4/c1-25-19-13-11-17(12-14-19)22-16-18(8-4-2-3-7-15-23)20-9-5-6-10-21(20)24-22;4*1-2;/h2-3,9-14,16H,4-8,15,23H2,1H3;4*1-2H3;1H4/b3-2-;;;;;. The van der Waals surface area contributed by atoms with Gasteiger partial charge in [-0.05, 0) is 73.9 Å². The summed E-state index contributed by atoms with van der Waals surface area (Å²) in [5, 5.41) is 2.49. The van der Waals surface area contributed by atoms with Crippen LogP contribution in [-0.2, 0) is 6.42 Å². The van der Waals surface area contributed by atoms with E-state index >= 15 is 0 Å². The molecule has 0 bridgehead atoms. The quantitative estimate of drug-likeness (QED) is 0.315. The molecule has 0 unspecified atom stereocenters. The number of aromatic nitrogens is 1. The summed E-state index contributed by atoms with van der Waals surface area (Å²) in [5.41, 5.74) is 9.23. The van der Waals surface area contributed by atoms with Crippen molar-refractivity contribution in [3.8, 4) is 11.3 Å². The number of allylic oxidation sites excluding steroid dienone is 1. The monoisotopic (exact) mass is 486 g/mol. The van der Waals surface area contributed by atoms with E-state index in [0.717, 1.165) is 49.7 Å². The first-order valence-electron chi connectivity index (χ1n) is 13.0. The van der Waals surface area contributed by atoms with Gasteiger partial charge in [-0.1, -0.05) is 99.3 Å². The first-order chi connectivity index (χ1) is 16.3. The van der Waals surface area contributed by atoms with E-state index in [1.807, 2.05) is 55.4 Å². The van der Waals surface area contributed by atoms with Gasteiger partial charge in [0.2, 0.25) is 0 Å². The van der Waals surface area contributed by atoms with E-state index in [4.69, 9.17) is 10.7 Å². The minimum atomic E-state index is 0. The van der Waals surface area contributed by atoms with Crippen LogP contribution in [0.15, 0.2) is 47.4 Å². The zero-order valence-electron chi connectivity index (χ0n) is 22.9. The van der Waals surface area contributed by atoms with Gasteiger partial charge in [-0.2, -0.15) is 0 Å². The zero-order valence-corrected chi connectivity index (χ0v) is 23.7. The molecule has 34 heavy (non-hydrogen) atoms. The number of hydrogen-bond acceptors (Lipinski definition) is 3. The molecule has 3 rings (SSSR count). The molecule has 1 aromatic heterocycles. The van der Waals surface area contributed by atoms with E-state index in [9.17, 15) is 0 Å². The summed E-state index contributed by atoms with van der Waals surface area (Å²) in [5.74, 6) is 0. The number of fused-ring (bicyclic) bond motifs is 1. The fourth-order valence-corrected chi connectivity index (χ4v) is 3.56. The smallest absolute Gasteiger partial charge is 0.0712 e. The van der Waals surface area contributed by atoms with E-state index in [2.05, 4.69) is 60.9 Å². The Kier molecular flexibility index (Phi) is 27.8. The van der Waals surface area contributed by atoms with Crippen LogP contribution in [0.4, 0.5) is 0 Å². The molecule has 0 saturated carbocycles. The fourth-order valence-electron chi connectivity index (χ4n) is 3.16. The van der Waals surface area contributed by atoms with Gasteiger partial charge in [0.05, 0.1) is 11.0 Å². The molecule has 1 aromatic carbocycles. The molecule has 0 atom stereocenters. The van der Waals surface area contributed by atoms with E-state index in [1.165, 1.54) is 21.2 Å². The van der Waals surface area contributed by atoms with Crippen LogP contribution >= 0.6 is 11.8 Å². The van der Waals surface area contributed by atoms with Gasteiger partial charge < -0.3 is 5.73 Å². The molecule has 3 heteroatoms. The van der Waals surface area contributed by atoms with Crippen LogP contribution in [0, 0.1) is 0 Å². The van der Waals surface area contributed by atoms with Gasteiger partial charge in [-0.3, -0.25) is 0 Å². The maximum Gasteiger partial charge on any atom is 0.0712 e. The molecular formula is C31H54N2S. The predicted octanol–water partition coefficient (Wildman–Crippen LogP) is 8.40. The lowest BCUT2D eigenvalue weighted by Gasteiger charge is -2.10. The zero-order chi connectivity index (χ0) is 25.5. The normalized spacial score (nSPS) is 10.5. The van der Waals surface area contributed by atoms with Gasteiger partial charge in [0.1, 0.15) is 0 Å². The fraction of sp³-hybridized carbons (Fsp3) is 0.516. The lowest BCUT2D eigenvalue weighted by molar-refractivity contribution is 0.945. The largest absolute Gasteiger partial charge is 0.330 e. The van der Waals surface area contributed by atoms with Crippen molar-refractivity contribution in [3.05, 3.63) is 58.6 Å². The Morgan fingerprint density at radius 1 is 0.853 bits per heavy atom. The van der Waals surface area contributed by atoms with E-state index in [1.54, 1.807) is 11.8 Å². The summed E-state index contributed by atoms with van der Waals surface area (Å²) in [4.78, 5) is 6.21. The van der Waals surface area contributed by atoms with E-state index < -0.39 is 0 Å². The Bertz CT molecular complexity index is 852. The number of hydrogen-bond donors (Lipinski definition) is 1. The van der Waals surface area contributed by atoms with Crippen LogP contribution in [0.2, 0.25) is 0 Å². The minimum absolute atomic E-state index is 0. The molecule has 0 saturated heterocycles. The number of thioether (sulfide) groups is 1. The third-order valence-electron chi connectivity index (χ3n) is 4.49. The molecular weight excluding hydrogens is 432 g/mol. The van der Waals surface area contributed by atoms with Gasteiger partial charge >= 0.3 is 0 Å². The first kappa shape index (κ1) is 36.7. The minimum Gasteiger partial charge on any atom is -0.330 e. The van der Waals surface area contributed by atoms with Crippen molar-refractivity contribution < 1.29 is 0 Å². The topological polar surface area (TPSA) is 38.9 Å². The van der Waals surface area contributed by atoms with Crippen LogP contribution in [-0.4, -0.2) is 17.8 Å². The second-order valence-corrected chi connectivity index (χ2v) is 7.15. The maximum absolute atomic E-state index is 5.55. The van der Waals surface area contributed by atoms with Gasteiger partial charge in [0.25, 0.3) is 0 Å². The van der Waals surface area contributed by atoms with Crippen LogP contribution < -0.4 is 16.3 Å². The molecule has 0 radical (unpaired) electrons. The van der Waals surface area contributed by atoms with E-state index in [0.29, 0.717) is 0 Å². The van der Waals surface area contributed by atoms with Gasteiger partial charge in [-0.15, -0.1) is 11.8 Å². The highest BCUT2D eigenvalue weighted by molar-refractivity contribution is 7.98. The Labute approximate surface area is 216 Å². The number of rotatable bonds is 7. The molecule has 0 fully saturated rings.